The van der Waals surface area contributed by atoms with Crippen LogP contribution in [0.25, 0.3) is 0 Å². The number of rotatable bonds is 2. The van der Waals surface area contributed by atoms with Gasteiger partial charge in [0.25, 0.3) is 0 Å². The first-order valence-corrected chi connectivity index (χ1v) is 14.2. The standard InChI is InChI=1S/C17H23NO.2ClH.Zr/c1-13-6-5-7-14(16(13)19)12-18-15-8-11-17(15)9-3-2-4-10-17;;;/h5-7,12,15,19H,2-4,8-11H2,1H3;2*1H;/q;;;+2/p-2. The van der Waals surface area contributed by atoms with Gasteiger partial charge in [0, 0.05) is 11.8 Å². The predicted octanol–water partition coefficient (Wildman–Crippen LogP) is 5.61. The summed E-state index contributed by atoms with van der Waals surface area (Å²) in [4.78, 5) is 4.79. The maximum absolute atomic E-state index is 10.0. The van der Waals surface area contributed by atoms with Gasteiger partial charge in [-0.2, -0.15) is 0 Å². The van der Waals surface area contributed by atoms with Crippen molar-refractivity contribution in [2.24, 2.45) is 10.4 Å². The summed E-state index contributed by atoms with van der Waals surface area (Å²) in [5, 5.41) is 10.0. The molecule has 0 heterocycles. The van der Waals surface area contributed by atoms with Gasteiger partial charge in [0.2, 0.25) is 0 Å². The number of aryl methyl sites for hydroxylation is 1. The van der Waals surface area contributed by atoms with Crippen LogP contribution in [0.2, 0.25) is 0 Å². The van der Waals surface area contributed by atoms with Crippen molar-refractivity contribution in [3.63, 3.8) is 0 Å². The second kappa shape index (κ2) is 8.85. The van der Waals surface area contributed by atoms with Gasteiger partial charge in [-0.1, -0.05) is 31.4 Å². The summed E-state index contributed by atoms with van der Waals surface area (Å²) in [5.74, 6) is 0.378. The first-order valence-electron chi connectivity index (χ1n) is 7.91. The molecule has 3 rings (SSSR count). The van der Waals surface area contributed by atoms with Crippen LogP contribution in [0.15, 0.2) is 23.2 Å². The minimum atomic E-state index is -0.826. The third kappa shape index (κ3) is 4.37. The third-order valence-electron chi connectivity index (χ3n) is 5.13. The van der Waals surface area contributed by atoms with E-state index in [1.165, 1.54) is 44.9 Å². The Morgan fingerprint density at radius 2 is 1.91 bits per heavy atom. The van der Waals surface area contributed by atoms with Gasteiger partial charge in [0.05, 0.1) is 6.04 Å². The van der Waals surface area contributed by atoms with Crippen LogP contribution in [0.4, 0.5) is 0 Å². The van der Waals surface area contributed by atoms with E-state index in [-0.39, 0.29) is 0 Å². The van der Waals surface area contributed by atoms with E-state index in [1.807, 2.05) is 31.3 Å². The van der Waals surface area contributed by atoms with E-state index in [4.69, 9.17) is 22.0 Å². The van der Waals surface area contributed by atoms with Gasteiger partial charge in [0.15, 0.2) is 0 Å². The molecule has 0 bridgehead atoms. The summed E-state index contributed by atoms with van der Waals surface area (Å²) in [6.07, 6.45) is 11.3. The van der Waals surface area contributed by atoms with Gasteiger partial charge < -0.3 is 5.11 Å². The Bertz CT molecular complexity index is 515. The molecule has 5 heteroatoms. The topological polar surface area (TPSA) is 32.6 Å². The fourth-order valence-corrected chi connectivity index (χ4v) is 3.71. The second-order valence-electron chi connectivity index (χ2n) is 6.34. The van der Waals surface area contributed by atoms with Gasteiger partial charge >= 0.3 is 37.9 Å². The zero-order valence-corrected chi connectivity index (χ0v) is 17.0. The molecule has 2 aliphatic rings. The Kier molecular flexibility index (Phi) is 7.44. The van der Waals surface area contributed by atoms with Crippen LogP contribution in [0.3, 0.4) is 0 Å². The van der Waals surface area contributed by atoms with Crippen molar-refractivity contribution >= 4 is 23.2 Å². The first kappa shape index (κ1) is 18.5. The number of phenols is 1. The van der Waals surface area contributed by atoms with Gasteiger partial charge in [-0.15, -0.1) is 0 Å². The van der Waals surface area contributed by atoms with Crippen molar-refractivity contribution in [3.05, 3.63) is 29.3 Å². The van der Waals surface area contributed by atoms with Crippen LogP contribution >= 0.6 is 17.0 Å². The van der Waals surface area contributed by atoms with E-state index >= 15 is 0 Å². The van der Waals surface area contributed by atoms with Crippen LogP contribution < -0.4 is 0 Å². The summed E-state index contributed by atoms with van der Waals surface area (Å²) in [6.45, 7) is 1.93. The number of nitrogens with zero attached hydrogens (tertiary/aromatic N) is 1. The van der Waals surface area contributed by atoms with Crippen LogP contribution in [-0.4, -0.2) is 17.4 Å². The summed E-state index contributed by atoms with van der Waals surface area (Å²) in [7, 11) is 9.87. The van der Waals surface area contributed by atoms with Gasteiger partial charge in [-0.05, 0) is 49.7 Å². The van der Waals surface area contributed by atoms with Crippen molar-refractivity contribution < 1.29 is 26.0 Å². The van der Waals surface area contributed by atoms with Crippen LogP contribution in [0.1, 0.15) is 56.1 Å². The van der Waals surface area contributed by atoms with Crippen LogP contribution in [0.5, 0.6) is 5.75 Å². The number of halogens is 2. The fraction of sp³-hybridized carbons (Fsp3) is 0.588. The van der Waals surface area contributed by atoms with Gasteiger partial charge in [-0.25, -0.2) is 0 Å². The van der Waals surface area contributed by atoms with E-state index in [1.54, 1.807) is 0 Å². The van der Waals surface area contributed by atoms with E-state index in [9.17, 15) is 5.11 Å². The molecule has 1 spiro atoms. The van der Waals surface area contributed by atoms with Crippen molar-refractivity contribution in [2.45, 2.75) is 57.9 Å². The normalized spacial score (nSPS) is 22.8. The molecule has 1 aromatic carbocycles. The quantitative estimate of drug-likeness (QED) is 0.621. The average Bonchev–Trinajstić information content (AvgIpc) is 2.52. The third-order valence-corrected chi connectivity index (χ3v) is 5.13. The number of hydrogen-bond donors (Lipinski definition) is 1. The molecule has 0 aromatic heterocycles. The SMILES string of the molecule is Cc1cccc(C=NC2CCC23CCCCC3)c1O.[Cl][Zr][Cl]. The molecule has 22 heavy (non-hydrogen) atoms. The van der Waals surface area contributed by atoms with E-state index in [0.717, 1.165) is 11.1 Å². The minimum absolute atomic E-state index is 0.378. The molecule has 120 valence electrons. The zero-order chi connectivity index (χ0) is 16.0. The summed E-state index contributed by atoms with van der Waals surface area (Å²) < 4.78 is 0. The molecule has 1 unspecified atom stereocenters. The van der Waals surface area contributed by atoms with Crippen molar-refractivity contribution in [2.75, 3.05) is 0 Å². The number of aromatic hydroxyl groups is 1. The average molecular weight is 420 g/mol. The zero-order valence-electron chi connectivity index (χ0n) is 13.0. The number of aliphatic imine (C=N–C) groups is 1. The molecular formula is C17H23Cl2NOZr. The Labute approximate surface area is 152 Å². The molecule has 2 fully saturated rings. The Morgan fingerprint density at radius 1 is 1.23 bits per heavy atom. The second-order valence-corrected chi connectivity index (χ2v) is 10.1. The number of phenolic OH excluding ortho intramolecular Hbond substituents is 1. The van der Waals surface area contributed by atoms with Crippen LogP contribution in [-0.2, 0) is 20.8 Å². The summed E-state index contributed by atoms with van der Waals surface area (Å²) >= 11 is -0.826. The fourth-order valence-electron chi connectivity index (χ4n) is 3.71. The van der Waals surface area contributed by atoms with Crippen molar-refractivity contribution in [1.82, 2.24) is 0 Å². The Balaban J connectivity index is 0.000000545. The first-order chi connectivity index (χ1) is 10.6. The predicted molar refractivity (Wildman–Crippen MR) is 90.7 cm³/mol. The molecule has 1 N–H and O–H groups in total. The Morgan fingerprint density at radius 3 is 2.50 bits per heavy atom. The van der Waals surface area contributed by atoms with Gasteiger partial charge in [0.1, 0.15) is 5.75 Å². The molecule has 1 aromatic rings. The number of benzene rings is 1. The van der Waals surface area contributed by atoms with E-state index in [0.29, 0.717) is 17.2 Å². The Hall–Kier alpha value is 0.153. The summed E-state index contributed by atoms with van der Waals surface area (Å²) in [6, 6.07) is 6.34. The van der Waals surface area contributed by atoms with Crippen LogP contribution in [0, 0.1) is 12.3 Å². The number of hydrogen-bond acceptors (Lipinski definition) is 2. The molecule has 2 nitrogen and oxygen atoms in total. The maximum atomic E-state index is 10.0. The van der Waals surface area contributed by atoms with Crippen molar-refractivity contribution in [1.29, 1.82) is 0 Å². The molecule has 1 atom stereocenters. The molecule has 2 saturated carbocycles. The molecule has 0 saturated heterocycles. The van der Waals surface area contributed by atoms with Gasteiger partial charge in [-0.3, -0.25) is 4.99 Å². The summed E-state index contributed by atoms with van der Waals surface area (Å²) in [5.41, 5.74) is 2.29. The molecule has 2 aliphatic carbocycles. The monoisotopic (exact) mass is 417 g/mol. The van der Waals surface area contributed by atoms with Crippen molar-refractivity contribution in [3.8, 4) is 5.75 Å². The molecule has 0 amide bonds. The molecular weight excluding hydrogens is 396 g/mol. The van der Waals surface area contributed by atoms with E-state index in [2.05, 4.69) is 0 Å². The molecule has 0 radical (unpaired) electrons. The molecule has 0 aliphatic heterocycles. The number of para-hydroxylation sites is 1. The van der Waals surface area contributed by atoms with E-state index < -0.39 is 20.8 Å².